The minimum absolute atomic E-state index is 0.687. The summed E-state index contributed by atoms with van der Waals surface area (Å²) in [7, 11) is 1.64. The summed E-state index contributed by atoms with van der Waals surface area (Å²) in [5.41, 5.74) is 3.43. The van der Waals surface area contributed by atoms with E-state index in [0.717, 1.165) is 27.2 Å². The van der Waals surface area contributed by atoms with Crippen LogP contribution in [-0.2, 0) is 0 Å². The van der Waals surface area contributed by atoms with Gasteiger partial charge in [-0.05, 0) is 48.9 Å². The van der Waals surface area contributed by atoms with Crippen molar-refractivity contribution in [2.75, 3.05) is 12.4 Å². The van der Waals surface area contributed by atoms with Gasteiger partial charge in [-0.1, -0.05) is 15.9 Å². The molecular formula is C15H13BrN2O. The molecule has 19 heavy (non-hydrogen) atoms. The Kier molecular flexibility index (Phi) is 4.08. The fraction of sp³-hybridized carbons (Fsp3) is 0.133. The number of nitrogens with zero attached hydrogens (tertiary/aromatic N) is 1. The fourth-order valence-corrected chi connectivity index (χ4v) is 2.16. The molecule has 2 aromatic carbocycles. The van der Waals surface area contributed by atoms with E-state index in [1.54, 1.807) is 7.11 Å². The van der Waals surface area contributed by atoms with Gasteiger partial charge in [0.25, 0.3) is 0 Å². The number of methoxy groups -OCH3 is 1. The molecule has 96 valence electrons. The van der Waals surface area contributed by atoms with Gasteiger partial charge in [0, 0.05) is 10.2 Å². The summed E-state index contributed by atoms with van der Waals surface area (Å²) in [6.07, 6.45) is 0. The molecule has 2 aromatic rings. The summed E-state index contributed by atoms with van der Waals surface area (Å²) in [4.78, 5) is 0. The zero-order valence-electron chi connectivity index (χ0n) is 10.7. The SMILES string of the molecule is COc1ccc(Br)cc1Nc1ccc(C#N)c(C)c1. The van der Waals surface area contributed by atoms with Crippen molar-refractivity contribution in [3.8, 4) is 11.8 Å². The van der Waals surface area contributed by atoms with Crippen LogP contribution in [0.2, 0.25) is 0 Å². The van der Waals surface area contributed by atoms with Gasteiger partial charge in [-0.25, -0.2) is 0 Å². The van der Waals surface area contributed by atoms with Crippen LogP contribution in [0.25, 0.3) is 0 Å². The van der Waals surface area contributed by atoms with E-state index in [9.17, 15) is 0 Å². The molecule has 0 spiro atoms. The zero-order valence-corrected chi connectivity index (χ0v) is 12.3. The van der Waals surface area contributed by atoms with E-state index >= 15 is 0 Å². The fourth-order valence-electron chi connectivity index (χ4n) is 1.80. The number of aryl methyl sites for hydroxylation is 1. The van der Waals surface area contributed by atoms with Crippen LogP contribution in [0.5, 0.6) is 5.75 Å². The lowest BCUT2D eigenvalue weighted by atomic mass is 10.1. The van der Waals surface area contributed by atoms with Gasteiger partial charge in [0.05, 0.1) is 24.4 Å². The summed E-state index contributed by atoms with van der Waals surface area (Å²) in [6.45, 7) is 1.92. The van der Waals surface area contributed by atoms with Crippen molar-refractivity contribution in [1.82, 2.24) is 0 Å². The van der Waals surface area contributed by atoms with Crippen molar-refractivity contribution in [2.45, 2.75) is 6.92 Å². The lowest BCUT2D eigenvalue weighted by Gasteiger charge is -2.12. The molecule has 0 atom stereocenters. The molecular weight excluding hydrogens is 304 g/mol. The molecule has 3 nitrogen and oxygen atoms in total. The summed E-state index contributed by atoms with van der Waals surface area (Å²) in [5.74, 6) is 0.769. The first-order valence-corrected chi connectivity index (χ1v) is 6.54. The Morgan fingerprint density at radius 2 is 2.00 bits per heavy atom. The highest BCUT2D eigenvalue weighted by atomic mass is 79.9. The number of hydrogen-bond acceptors (Lipinski definition) is 3. The van der Waals surface area contributed by atoms with Crippen molar-refractivity contribution < 1.29 is 4.74 Å². The van der Waals surface area contributed by atoms with Crippen molar-refractivity contribution in [1.29, 1.82) is 5.26 Å². The zero-order chi connectivity index (χ0) is 13.8. The highest BCUT2D eigenvalue weighted by molar-refractivity contribution is 9.10. The number of ether oxygens (including phenoxy) is 1. The van der Waals surface area contributed by atoms with Crippen LogP contribution in [-0.4, -0.2) is 7.11 Å². The van der Waals surface area contributed by atoms with E-state index < -0.39 is 0 Å². The Morgan fingerprint density at radius 3 is 2.63 bits per heavy atom. The molecule has 1 N–H and O–H groups in total. The van der Waals surface area contributed by atoms with E-state index in [2.05, 4.69) is 27.3 Å². The van der Waals surface area contributed by atoms with E-state index in [1.807, 2.05) is 43.3 Å². The minimum atomic E-state index is 0.687. The molecule has 0 saturated heterocycles. The van der Waals surface area contributed by atoms with Crippen molar-refractivity contribution in [3.05, 3.63) is 52.0 Å². The van der Waals surface area contributed by atoms with Crippen LogP contribution in [0.15, 0.2) is 40.9 Å². The van der Waals surface area contributed by atoms with Crippen molar-refractivity contribution in [2.24, 2.45) is 0 Å². The van der Waals surface area contributed by atoms with Gasteiger partial charge < -0.3 is 10.1 Å². The van der Waals surface area contributed by atoms with Crippen LogP contribution < -0.4 is 10.1 Å². The summed E-state index contributed by atoms with van der Waals surface area (Å²) < 4.78 is 6.29. The third-order valence-electron chi connectivity index (χ3n) is 2.79. The molecule has 0 bridgehead atoms. The highest BCUT2D eigenvalue weighted by Gasteiger charge is 2.05. The molecule has 0 fully saturated rings. The maximum atomic E-state index is 8.92. The van der Waals surface area contributed by atoms with Gasteiger partial charge in [0.2, 0.25) is 0 Å². The predicted molar refractivity (Wildman–Crippen MR) is 79.9 cm³/mol. The van der Waals surface area contributed by atoms with Crippen LogP contribution in [0.3, 0.4) is 0 Å². The molecule has 0 aromatic heterocycles. The van der Waals surface area contributed by atoms with Gasteiger partial charge in [-0.2, -0.15) is 5.26 Å². The van der Waals surface area contributed by atoms with E-state index in [-0.39, 0.29) is 0 Å². The second kappa shape index (κ2) is 5.77. The molecule has 0 saturated carbocycles. The number of halogens is 1. The summed E-state index contributed by atoms with van der Waals surface area (Å²) in [6, 6.07) is 13.6. The number of benzene rings is 2. The minimum Gasteiger partial charge on any atom is -0.495 e. The van der Waals surface area contributed by atoms with Crippen molar-refractivity contribution in [3.63, 3.8) is 0 Å². The van der Waals surface area contributed by atoms with Crippen LogP contribution in [0.4, 0.5) is 11.4 Å². The van der Waals surface area contributed by atoms with E-state index in [1.165, 1.54) is 0 Å². The molecule has 0 radical (unpaired) electrons. The Hall–Kier alpha value is -1.99. The Morgan fingerprint density at radius 1 is 1.21 bits per heavy atom. The maximum Gasteiger partial charge on any atom is 0.142 e. The average Bonchev–Trinajstić information content (AvgIpc) is 2.39. The average molecular weight is 317 g/mol. The second-order valence-corrected chi connectivity index (χ2v) is 5.03. The quantitative estimate of drug-likeness (QED) is 0.913. The molecule has 0 unspecified atom stereocenters. The number of nitriles is 1. The lowest BCUT2D eigenvalue weighted by Crippen LogP contribution is -1.95. The Labute approximate surface area is 121 Å². The van der Waals surface area contributed by atoms with Gasteiger partial charge >= 0.3 is 0 Å². The van der Waals surface area contributed by atoms with Gasteiger partial charge in [0.1, 0.15) is 5.75 Å². The molecule has 2 rings (SSSR count). The molecule has 0 aliphatic rings. The molecule has 0 aliphatic heterocycles. The normalized spacial score (nSPS) is 9.79. The van der Waals surface area contributed by atoms with E-state index in [0.29, 0.717) is 5.56 Å². The van der Waals surface area contributed by atoms with Crippen LogP contribution >= 0.6 is 15.9 Å². The summed E-state index contributed by atoms with van der Waals surface area (Å²) >= 11 is 3.44. The first-order valence-electron chi connectivity index (χ1n) is 5.75. The topological polar surface area (TPSA) is 45.0 Å². The number of rotatable bonds is 3. The van der Waals surface area contributed by atoms with Crippen molar-refractivity contribution >= 4 is 27.3 Å². The third kappa shape index (κ3) is 3.07. The first kappa shape index (κ1) is 13.4. The Balaban J connectivity index is 2.33. The largest absolute Gasteiger partial charge is 0.495 e. The summed E-state index contributed by atoms with van der Waals surface area (Å²) in [5, 5.41) is 12.2. The Bertz CT molecular complexity index is 647. The smallest absolute Gasteiger partial charge is 0.142 e. The highest BCUT2D eigenvalue weighted by Crippen LogP contribution is 2.31. The number of nitrogens with one attached hydrogen (secondary N) is 1. The first-order chi connectivity index (χ1) is 9.13. The predicted octanol–water partition coefficient (Wildman–Crippen LogP) is 4.38. The van der Waals surface area contributed by atoms with E-state index in [4.69, 9.17) is 10.00 Å². The van der Waals surface area contributed by atoms with Crippen LogP contribution in [0.1, 0.15) is 11.1 Å². The monoisotopic (exact) mass is 316 g/mol. The molecule has 0 heterocycles. The van der Waals surface area contributed by atoms with Gasteiger partial charge in [-0.3, -0.25) is 0 Å². The molecule has 4 heteroatoms. The number of hydrogen-bond donors (Lipinski definition) is 1. The van der Waals surface area contributed by atoms with Gasteiger partial charge in [0.15, 0.2) is 0 Å². The molecule has 0 amide bonds. The van der Waals surface area contributed by atoms with Crippen LogP contribution in [0, 0.1) is 18.3 Å². The lowest BCUT2D eigenvalue weighted by molar-refractivity contribution is 0.417. The molecule has 0 aliphatic carbocycles. The number of anilines is 2. The standard InChI is InChI=1S/C15H13BrN2O/c1-10-7-13(5-3-11(10)9-17)18-14-8-12(16)4-6-15(14)19-2/h3-8,18H,1-2H3. The van der Waals surface area contributed by atoms with Gasteiger partial charge in [-0.15, -0.1) is 0 Å². The third-order valence-corrected chi connectivity index (χ3v) is 3.28. The second-order valence-electron chi connectivity index (χ2n) is 4.11. The maximum absolute atomic E-state index is 8.92.